The molecule has 1 aromatic heterocycles. The van der Waals surface area contributed by atoms with Crippen LogP contribution in [0.25, 0.3) is 0 Å². The highest BCUT2D eigenvalue weighted by atomic mass is 32.1. The summed E-state index contributed by atoms with van der Waals surface area (Å²) in [7, 11) is 0. The number of carboxylic acid groups (broad SMARTS) is 1. The minimum absolute atomic E-state index is 0.122. The van der Waals surface area contributed by atoms with E-state index in [1.165, 1.54) is 0 Å². The number of nitrogens with zero attached hydrogens (tertiary/aromatic N) is 1. The fraction of sp³-hybridized carbons (Fsp3) is 0.545. The minimum Gasteiger partial charge on any atom is -0.481 e. The molecule has 1 atom stereocenters. The van der Waals surface area contributed by atoms with E-state index in [2.05, 4.69) is 15.6 Å². The molecular weight excluding hydrogens is 254 g/mol. The van der Waals surface area contributed by atoms with Crippen molar-refractivity contribution in [1.82, 2.24) is 15.6 Å². The van der Waals surface area contributed by atoms with E-state index >= 15 is 0 Å². The SMILES string of the molecule is Cc1nc(CCNC(=O)NCC(C)C(=O)O)cs1. The van der Waals surface area contributed by atoms with Gasteiger partial charge in [0.25, 0.3) is 0 Å². The highest BCUT2D eigenvalue weighted by Crippen LogP contribution is 2.07. The second-order valence-corrected chi connectivity index (χ2v) is 5.05. The molecule has 0 saturated heterocycles. The van der Waals surface area contributed by atoms with Crippen LogP contribution < -0.4 is 10.6 Å². The first-order chi connectivity index (χ1) is 8.49. The van der Waals surface area contributed by atoms with Gasteiger partial charge in [-0.25, -0.2) is 9.78 Å². The van der Waals surface area contributed by atoms with Crippen LogP contribution in [0, 0.1) is 12.8 Å². The molecule has 0 aliphatic rings. The van der Waals surface area contributed by atoms with E-state index in [0.29, 0.717) is 13.0 Å². The van der Waals surface area contributed by atoms with Crippen molar-refractivity contribution in [3.8, 4) is 0 Å². The summed E-state index contributed by atoms with van der Waals surface area (Å²) >= 11 is 1.58. The van der Waals surface area contributed by atoms with E-state index in [4.69, 9.17) is 5.11 Å². The first-order valence-electron chi connectivity index (χ1n) is 5.64. The maximum atomic E-state index is 11.3. The Bertz CT molecular complexity index is 419. The third-order valence-corrected chi connectivity index (χ3v) is 3.15. The van der Waals surface area contributed by atoms with Crippen molar-refractivity contribution in [1.29, 1.82) is 0 Å². The summed E-state index contributed by atoms with van der Waals surface area (Å²) in [5.74, 6) is -1.51. The average Bonchev–Trinajstić information content (AvgIpc) is 2.71. The van der Waals surface area contributed by atoms with Gasteiger partial charge in [-0.2, -0.15) is 0 Å². The molecule has 0 aromatic carbocycles. The number of urea groups is 1. The summed E-state index contributed by atoms with van der Waals surface area (Å²) in [6, 6.07) is -0.352. The highest BCUT2D eigenvalue weighted by Gasteiger charge is 2.11. The van der Waals surface area contributed by atoms with Gasteiger partial charge in [0.2, 0.25) is 0 Å². The molecule has 0 spiro atoms. The van der Waals surface area contributed by atoms with Gasteiger partial charge in [-0.15, -0.1) is 11.3 Å². The molecule has 2 amide bonds. The highest BCUT2D eigenvalue weighted by molar-refractivity contribution is 7.09. The van der Waals surface area contributed by atoms with Gasteiger partial charge in [-0.1, -0.05) is 6.92 Å². The fourth-order valence-corrected chi connectivity index (χ4v) is 1.87. The van der Waals surface area contributed by atoms with Gasteiger partial charge in [-0.05, 0) is 6.92 Å². The van der Waals surface area contributed by atoms with Crippen molar-refractivity contribution >= 4 is 23.3 Å². The molecule has 7 heteroatoms. The first kappa shape index (κ1) is 14.4. The van der Waals surface area contributed by atoms with Crippen molar-refractivity contribution in [2.75, 3.05) is 13.1 Å². The Balaban J connectivity index is 2.15. The van der Waals surface area contributed by atoms with E-state index in [1.54, 1.807) is 18.3 Å². The topological polar surface area (TPSA) is 91.3 Å². The maximum Gasteiger partial charge on any atom is 0.314 e. The molecule has 0 aliphatic heterocycles. The lowest BCUT2D eigenvalue weighted by Crippen LogP contribution is -2.40. The van der Waals surface area contributed by atoms with E-state index in [0.717, 1.165) is 10.7 Å². The van der Waals surface area contributed by atoms with E-state index in [9.17, 15) is 9.59 Å². The summed E-state index contributed by atoms with van der Waals surface area (Å²) < 4.78 is 0. The molecule has 1 rings (SSSR count). The van der Waals surface area contributed by atoms with Crippen molar-refractivity contribution in [2.24, 2.45) is 5.92 Å². The molecule has 18 heavy (non-hydrogen) atoms. The zero-order valence-corrected chi connectivity index (χ0v) is 11.2. The predicted octanol–water partition coefficient (Wildman–Crippen LogP) is 1.01. The second kappa shape index (κ2) is 6.95. The number of carbonyl (C=O) groups excluding carboxylic acids is 1. The average molecular weight is 271 g/mol. The number of nitrogens with one attached hydrogen (secondary N) is 2. The largest absolute Gasteiger partial charge is 0.481 e. The van der Waals surface area contributed by atoms with Gasteiger partial charge in [0.05, 0.1) is 16.6 Å². The normalized spacial score (nSPS) is 11.9. The third kappa shape index (κ3) is 5.13. The molecule has 0 fully saturated rings. The molecule has 100 valence electrons. The molecule has 0 bridgehead atoms. The van der Waals surface area contributed by atoms with Crippen LogP contribution in [0.15, 0.2) is 5.38 Å². The lowest BCUT2D eigenvalue weighted by molar-refractivity contribution is -0.140. The van der Waals surface area contributed by atoms with Gasteiger partial charge in [0.1, 0.15) is 0 Å². The summed E-state index contributed by atoms with van der Waals surface area (Å²) in [5, 5.41) is 16.8. The Morgan fingerprint density at radius 1 is 1.50 bits per heavy atom. The summed E-state index contributed by atoms with van der Waals surface area (Å²) in [5.41, 5.74) is 0.955. The van der Waals surface area contributed by atoms with Crippen LogP contribution in [0.5, 0.6) is 0 Å². The third-order valence-electron chi connectivity index (χ3n) is 2.32. The molecule has 3 N–H and O–H groups in total. The van der Waals surface area contributed by atoms with Gasteiger partial charge in [0.15, 0.2) is 0 Å². The lowest BCUT2D eigenvalue weighted by atomic mass is 10.2. The number of amides is 2. The Hall–Kier alpha value is -1.63. The monoisotopic (exact) mass is 271 g/mol. The van der Waals surface area contributed by atoms with E-state index in [-0.39, 0.29) is 12.6 Å². The standard InChI is InChI=1S/C11H17N3O3S/c1-7(10(15)16)5-13-11(17)12-4-3-9-6-18-8(2)14-9/h6-7H,3-5H2,1-2H3,(H,15,16)(H2,12,13,17). The predicted molar refractivity (Wildman–Crippen MR) is 68.8 cm³/mol. The van der Waals surface area contributed by atoms with Crippen LogP contribution in [-0.4, -0.2) is 35.2 Å². The van der Waals surface area contributed by atoms with E-state index < -0.39 is 11.9 Å². The van der Waals surface area contributed by atoms with Gasteiger partial charge >= 0.3 is 12.0 Å². The van der Waals surface area contributed by atoms with Crippen LogP contribution in [0.2, 0.25) is 0 Å². The summed E-state index contributed by atoms with van der Waals surface area (Å²) in [6.45, 7) is 4.08. The van der Waals surface area contributed by atoms with Crippen LogP contribution in [0.3, 0.4) is 0 Å². The zero-order valence-electron chi connectivity index (χ0n) is 10.4. The lowest BCUT2D eigenvalue weighted by Gasteiger charge is -2.09. The molecular formula is C11H17N3O3S. The Labute approximate surface area is 109 Å². The van der Waals surface area contributed by atoms with Crippen LogP contribution >= 0.6 is 11.3 Å². The van der Waals surface area contributed by atoms with Crippen molar-refractivity contribution in [3.05, 3.63) is 16.1 Å². The number of rotatable bonds is 6. The Kier molecular flexibility index (Phi) is 5.57. The molecule has 0 aliphatic carbocycles. The molecule has 0 saturated carbocycles. The van der Waals surface area contributed by atoms with Crippen molar-refractivity contribution in [3.63, 3.8) is 0 Å². The van der Waals surface area contributed by atoms with Crippen molar-refractivity contribution < 1.29 is 14.7 Å². The summed E-state index contributed by atoms with van der Waals surface area (Å²) in [4.78, 5) is 26.1. The van der Waals surface area contributed by atoms with Crippen LogP contribution in [0.4, 0.5) is 4.79 Å². The maximum absolute atomic E-state index is 11.3. The number of thiazole rings is 1. The number of aromatic nitrogens is 1. The van der Waals surface area contributed by atoms with Gasteiger partial charge in [0, 0.05) is 24.9 Å². The van der Waals surface area contributed by atoms with Crippen LogP contribution in [0.1, 0.15) is 17.6 Å². The van der Waals surface area contributed by atoms with Crippen LogP contribution in [-0.2, 0) is 11.2 Å². The first-order valence-corrected chi connectivity index (χ1v) is 6.52. The minimum atomic E-state index is -0.923. The number of hydrogen-bond acceptors (Lipinski definition) is 4. The molecule has 1 unspecified atom stereocenters. The Morgan fingerprint density at radius 3 is 2.78 bits per heavy atom. The summed E-state index contributed by atoms with van der Waals surface area (Å²) in [6.07, 6.45) is 0.673. The van der Waals surface area contributed by atoms with Gasteiger partial charge < -0.3 is 15.7 Å². The Morgan fingerprint density at radius 2 is 2.22 bits per heavy atom. The molecule has 6 nitrogen and oxygen atoms in total. The molecule has 1 heterocycles. The van der Waals surface area contributed by atoms with E-state index in [1.807, 2.05) is 12.3 Å². The number of carboxylic acids is 1. The zero-order chi connectivity index (χ0) is 13.5. The number of aryl methyl sites for hydroxylation is 1. The quantitative estimate of drug-likeness (QED) is 0.720. The smallest absolute Gasteiger partial charge is 0.314 e. The molecule has 1 aromatic rings. The van der Waals surface area contributed by atoms with Crippen molar-refractivity contribution in [2.45, 2.75) is 20.3 Å². The number of hydrogen-bond donors (Lipinski definition) is 3. The van der Waals surface area contributed by atoms with Gasteiger partial charge in [-0.3, -0.25) is 4.79 Å². The number of carbonyl (C=O) groups is 2. The molecule has 0 radical (unpaired) electrons. The fourth-order valence-electron chi connectivity index (χ4n) is 1.22. The second-order valence-electron chi connectivity index (χ2n) is 3.98. The number of aliphatic carboxylic acids is 1.